The number of ether oxygens (including phenoxy) is 1. The summed E-state index contributed by atoms with van der Waals surface area (Å²) in [6.07, 6.45) is 0. The summed E-state index contributed by atoms with van der Waals surface area (Å²) in [6, 6.07) is 17.3. The Balaban J connectivity index is 1.71. The fraction of sp³-hybridized carbons (Fsp3) is 0.133. The number of hydrogen-bond acceptors (Lipinski definition) is 2. The first kappa shape index (κ1) is 11.6. The Kier molecular flexibility index (Phi) is 3.06. The van der Waals surface area contributed by atoms with E-state index in [1.54, 1.807) is 0 Å². The number of urea groups is 1. The highest BCUT2D eigenvalue weighted by atomic mass is 16.5. The zero-order valence-corrected chi connectivity index (χ0v) is 10.3. The van der Waals surface area contributed by atoms with Crippen LogP contribution in [0.3, 0.4) is 0 Å². The Morgan fingerprint density at radius 2 is 1.63 bits per heavy atom. The van der Waals surface area contributed by atoms with Gasteiger partial charge < -0.3 is 15.4 Å². The van der Waals surface area contributed by atoms with Crippen LogP contribution in [-0.4, -0.2) is 12.6 Å². The second-order valence-electron chi connectivity index (χ2n) is 4.39. The minimum absolute atomic E-state index is 0.0401. The smallest absolute Gasteiger partial charge is 0.315 e. The van der Waals surface area contributed by atoms with Crippen LogP contribution in [0.1, 0.15) is 11.6 Å². The molecule has 0 saturated carbocycles. The van der Waals surface area contributed by atoms with Crippen LogP contribution in [0.2, 0.25) is 0 Å². The Labute approximate surface area is 111 Å². The molecule has 0 spiro atoms. The van der Waals surface area contributed by atoms with E-state index in [-0.39, 0.29) is 12.1 Å². The van der Waals surface area contributed by atoms with E-state index in [1.807, 2.05) is 54.6 Å². The van der Waals surface area contributed by atoms with E-state index in [1.165, 1.54) is 0 Å². The van der Waals surface area contributed by atoms with Gasteiger partial charge in [0.1, 0.15) is 11.5 Å². The predicted molar refractivity (Wildman–Crippen MR) is 72.2 cm³/mol. The van der Waals surface area contributed by atoms with Gasteiger partial charge >= 0.3 is 6.03 Å². The summed E-state index contributed by atoms with van der Waals surface area (Å²) >= 11 is 0. The third kappa shape index (κ3) is 2.68. The molecule has 4 nitrogen and oxygen atoms in total. The van der Waals surface area contributed by atoms with Crippen molar-refractivity contribution in [3.8, 4) is 11.5 Å². The molecule has 1 saturated heterocycles. The molecule has 3 rings (SSSR count). The van der Waals surface area contributed by atoms with E-state index in [2.05, 4.69) is 10.6 Å². The molecule has 0 aliphatic carbocycles. The standard InChI is InChI=1S/C15H14N2O2/c18-15-16-10-14(17-15)11-6-8-13(9-7-11)19-12-4-2-1-3-5-12/h1-9,14H,10H2,(H2,16,17,18)/t14-/m0/s1. The van der Waals surface area contributed by atoms with Crippen molar-refractivity contribution in [2.24, 2.45) is 0 Å². The number of amides is 2. The maximum atomic E-state index is 11.1. The number of rotatable bonds is 3. The maximum absolute atomic E-state index is 11.1. The average molecular weight is 254 g/mol. The highest BCUT2D eigenvalue weighted by Gasteiger charge is 2.21. The summed E-state index contributed by atoms with van der Waals surface area (Å²) in [7, 11) is 0. The monoisotopic (exact) mass is 254 g/mol. The van der Waals surface area contributed by atoms with Crippen molar-refractivity contribution in [3.05, 3.63) is 60.2 Å². The van der Waals surface area contributed by atoms with Crippen molar-refractivity contribution in [1.82, 2.24) is 10.6 Å². The molecule has 2 N–H and O–H groups in total. The van der Waals surface area contributed by atoms with Crippen LogP contribution in [0.5, 0.6) is 11.5 Å². The van der Waals surface area contributed by atoms with Crippen LogP contribution >= 0.6 is 0 Å². The van der Waals surface area contributed by atoms with Gasteiger partial charge in [-0.2, -0.15) is 0 Å². The van der Waals surface area contributed by atoms with Crippen molar-refractivity contribution in [2.45, 2.75) is 6.04 Å². The fourth-order valence-corrected chi connectivity index (χ4v) is 2.05. The average Bonchev–Trinajstić information content (AvgIpc) is 2.87. The molecular formula is C15H14N2O2. The van der Waals surface area contributed by atoms with Gasteiger partial charge in [0.25, 0.3) is 0 Å². The van der Waals surface area contributed by atoms with Gasteiger partial charge in [0, 0.05) is 6.54 Å². The van der Waals surface area contributed by atoms with Gasteiger partial charge in [-0.05, 0) is 29.8 Å². The first-order valence-corrected chi connectivity index (χ1v) is 6.18. The second-order valence-corrected chi connectivity index (χ2v) is 4.39. The van der Waals surface area contributed by atoms with Crippen LogP contribution in [0.4, 0.5) is 4.79 Å². The van der Waals surface area contributed by atoms with Gasteiger partial charge in [-0.3, -0.25) is 0 Å². The molecule has 1 heterocycles. The summed E-state index contributed by atoms with van der Waals surface area (Å²) in [5.74, 6) is 1.60. The summed E-state index contributed by atoms with van der Waals surface area (Å²) in [5, 5.41) is 5.59. The van der Waals surface area contributed by atoms with E-state index in [0.717, 1.165) is 17.1 Å². The SMILES string of the molecule is O=C1NC[C@@H](c2ccc(Oc3ccccc3)cc2)N1. The molecule has 2 aromatic carbocycles. The maximum Gasteiger partial charge on any atom is 0.315 e. The van der Waals surface area contributed by atoms with Crippen LogP contribution in [0, 0.1) is 0 Å². The number of benzene rings is 2. The topological polar surface area (TPSA) is 50.4 Å². The van der Waals surface area contributed by atoms with E-state index in [9.17, 15) is 4.79 Å². The molecule has 1 fully saturated rings. The lowest BCUT2D eigenvalue weighted by atomic mass is 10.1. The van der Waals surface area contributed by atoms with Gasteiger partial charge in [-0.15, -0.1) is 0 Å². The van der Waals surface area contributed by atoms with Crippen LogP contribution in [0.15, 0.2) is 54.6 Å². The molecule has 96 valence electrons. The fourth-order valence-electron chi connectivity index (χ4n) is 2.05. The van der Waals surface area contributed by atoms with Crippen molar-refractivity contribution in [1.29, 1.82) is 0 Å². The van der Waals surface area contributed by atoms with Gasteiger partial charge in [0.05, 0.1) is 6.04 Å². The summed E-state index contributed by atoms with van der Waals surface area (Å²) in [5.41, 5.74) is 1.07. The molecule has 1 aliphatic rings. The molecule has 2 aromatic rings. The third-order valence-corrected chi connectivity index (χ3v) is 3.03. The lowest BCUT2D eigenvalue weighted by Crippen LogP contribution is -2.21. The molecule has 0 aromatic heterocycles. The molecule has 19 heavy (non-hydrogen) atoms. The largest absolute Gasteiger partial charge is 0.457 e. The zero-order chi connectivity index (χ0) is 13.1. The first-order valence-electron chi connectivity index (χ1n) is 6.18. The predicted octanol–water partition coefficient (Wildman–Crippen LogP) is 2.83. The van der Waals surface area contributed by atoms with Crippen molar-refractivity contribution >= 4 is 6.03 Å². The van der Waals surface area contributed by atoms with E-state index in [4.69, 9.17) is 4.74 Å². The molecule has 0 bridgehead atoms. The lowest BCUT2D eigenvalue weighted by molar-refractivity contribution is 0.247. The summed E-state index contributed by atoms with van der Waals surface area (Å²) in [4.78, 5) is 11.1. The van der Waals surface area contributed by atoms with Crippen molar-refractivity contribution < 1.29 is 9.53 Å². The van der Waals surface area contributed by atoms with Crippen molar-refractivity contribution in [3.63, 3.8) is 0 Å². The minimum atomic E-state index is -0.116. The number of para-hydroxylation sites is 1. The van der Waals surface area contributed by atoms with Gasteiger partial charge in [-0.1, -0.05) is 30.3 Å². The minimum Gasteiger partial charge on any atom is -0.457 e. The van der Waals surface area contributed by atoms with Crippen molar-refractivity contribution in [2.75, 3.05) is 6.54 Å². The van der Waals surface area contributed by atoms with Crippen LogP contribution in [-0.2, 0) is 0 Å². The molecule has 0 radical (unpaired) electrons. The Hall–Kier alpha value is -2.49. The lowest BCUT2D eigenvalue weighted by Gasteiger charge is -2.10. The summed E-state index contributed by atoms with van der Waals surface area (Å²) in [6.45, 7) is 0.623. The Morgan fingerprint density at radius 3 is 2.26 bits per heavy atom. The van der Waals surface area contributed by atoms with Gasteiger partial charge in [-0.25, -0.2) is 4.79 Å². The second kappa shape index (κ2) is 5.02. The molecular weight excluding hydrogens is 240 g/mol. The first-order chi connectivity index (χ1) is 9.31. The number of carbonyl (C=O) groups excluding carboxylic acids is 1. The third-order valence-electron chi connectivity index (χ3n) is 3.03. The normalized spacial score (nSPS) is 17.7. The zero-order valence-electron chi connectivity index (χ0n) is 10.3. The van der Waals surface area contributed by atoms with Gasteiger partial charge in [0.15, 0.2) is 0 Å². The van der Waals surface area contributed by atoms with E-state index >= 15 is 0 Å². The van der Waals surface area contributed by atoms with Crippen LogP contribution in [0.25, 0.3) is 0 Å². The molecule has 1 atom stereocenters. The van der Waals surface area contributed by atoms with E-state index in [0.29, 0.717) is 6.54 Å². The number of hydrogen-bond donors (Lipinski definition) is 2. The Bertz CT molecular complexity index is 566. The highest BCUT2D eigenvalue weighted by molar-refractivity contribution is 5.76. The molecule has 2 amide bonds. The number of carbonyl (C=O) groups is 1. The van der Waals surface area contributed by atoms with Crippen LogP contribution < -0.4 is 15.4 Å². The Morgan fingerprint density at radius 1 is 0.947 bits per heavy atom. The highest BCUT2D eigenvalue weighted by Crippen LogP contribution is 2.23. The quantitative estimate of drug-likeness (QED) is 0.884. The molecule has 1 aliphatic heterocycles. The number of nitrogens with one attached hydrogen (secondary N) is 2. The van der Waals surface area contributed by atoms with Gasteiger partial charge in [0.2, 0.25) is 0 Å². The molecule has 4 heteroatoms. The van der Waals surface area contributed by atoms with E-state index < -0.39 is 0 Å². The summed E-state index contributed by atoms with van der Waals surface area (Å²) < 4.78 is 5.71. The molecule has 0 unspecified atom stereocenters.